The van der Waals surface area contributed by atoms with Crippen molar-refractivity contribution < 1.29 is 28.5 Å². The fraction of sp³-hybridized carbons (Fsp3) is 0.765. The first-order chi connectivity index (χ1) is 11.0. The molecule has 0 bridgehead atoms. The highest BCUT2D eigenvalue weighted by atomic mass is 16.7. The average molecular weight is 330 g/mol. The van der Waals surface area contributed by atoms with E-state index in [0.29, 0.717) is 12.8 Å². The van der Waals surface area contributed by atoms with Crippen molar-refractivity contribution in [3.63, 3.8) is 0 Å². The maximum Gasteiger partial charge on any atom is 0.320 e. The van der Waals surface area contributed by atoms with Gasteiger partial charge < -0.3 is 18.9 Å². The molecule has 6 heteroatoms. The van der Waals surface area contributed by atoms with Crippen molar-refractivity contribution in [2.45, 2.75) is 52.7 Å². The van der Waals surface area contributed by atoms with Crippen molar-refractivity contribution in [2.24, 2.45) is 5.92 Å². The quantitative estimate of drug-likeness (QED) is 0.237. The van der Waals surface area contributed by atoms with Crippen LogP contribution < -0.4 is 0 Å². The van der Waals surface area contributed by atoms with Crippen LogP contribution in [0.1, 0.15) is 46.5 Å². The first-order valence-corrected chi connectivity index (χ1v) is 8.04. The number of hydrogen-bond donors (Lipinski definition) is 0. The second-order valence-electron chi connectivity index (χ2n) is 5.12. The van der Waals surface area contributed by atoms with E-state index in [2.05, 4.69) is 0 Å². The number of carbonyl (C=O) groups excluding carboxylic acids is 2. The summed E-state index contributed by atoms with van der Waals surface area (Å²) >= 11 is 0. The van der Waals surface area contributed by atoms with Crippen molar-refractivity contribution >= 4 is 11.9 Å². The van der Waals surface area contributed by atoms with Crippen LogP contribution in [0.15, 0.2) is 11.6 Å². The van der Waals surface area contributed by atoms with Crippen LogP contribution in [0.5, 0.6) is 0 Å². The van der Waals surface area contributed by atoms with E-state index in [1.165, 1.54) is 0 Å². The normalized spacial score (nSPS) is 11.9. The molecule has 0 aliphatic carbocycles. The summed E-state index contributed by atoms with van der Waals surface area (Å²) in [5.41, 5.74) is 1.16. The maximum absolute atomic E-state index is 11.9. The third-order valence-electron chi connectivity index (χ3n) is 3.39. The van der Waals surface area contributed by atoms with Gasteiger partial charge in [0.25, 0.3) is 0 Å². The van der Waals surface area contributed by atoms with Gasteiger partial charge in [0, 0.05) is 20.6 Å². The molecule has 0 rings (SSSR count). The zero-order valence-corrected chi connectivity index (χ0v) is 14.9. The second-order valence-corrected chi connectivity index (χ2v) is 5.12. The zero-order valence-electron chi connectivity index (χ0n) is 14.9. The molecule has 0 atom stereocenters. The van der Waals surface area contributed by atoms with Crippen molar-refractivity contribution in [3.05, 3.63) is 11.6 Å². The van der Waals surface area contributed by atoms with E-state index in [1.807, 2.05) is 13.0 Å². The Morgan fingerprint density at radius 1 is 0.957 bits per heavy atom. The standard InChI is InChI=1S/C17H30O6/c1-6-22-16(18)14(17(19)23-7-2)10-8-9-13(3)11-12-15(20-4)21-5/h9,14-15H,6-8,10-12H2,1-5H3/b13-9-. The first-order valence-electron chi connectivity index (χ1n) is 8.04. The monoisotopic (exact) mass is 330 g/mol. The fourth-order valence-corrected chi connectivity index (χ4v) is 2.09. The van der Waals surface area contributed by atoms with Crippen LogP contribution in [0.2, 0.25) is 0 Å². The predicted molar refractivity (Wildman–Crippen MR) is 86.8 cm³/mol. The number of allylic oxidation sites excluding steroid dienone is 2. The van der Waals surface area contributed by atoms with Crippen LogP contribution in [0.25, 0.3) is 0 Å². The van der Waals surface area contributed by atoms with Crippen LogP contribution in [0, 0.1) is 5.92 Å². The van der Waals surface area contributed by atoms with Gasteiger partial charge in [-0.05, 0) is 40.0 Å². The van der Waals surface area contributed by atoms with Gasteiger partial charge in [-0.1, -0.05) is 11.6 Å². The Hall–Kier alpha value is -1.40. The Balaban J connectivity index is 4.45. The van der Waals surface area contributed by atoms with E-state index in [9.17, 15) is 9.59 Å². The van der Waals surface area contributed by atoms with Crippen LogP contribution in [0.4, 0.5) is 0 Å². The Bertz CT molecular complexity index is 355. The van der Waals surface area contributed by atoms with E-state index in [4.69, 9.17) is 18.9 Å². The van der Waals surface area contributed by atoms with Gasteiger partial charge >= 0.3 is 11.9 Å². The highest BCUT2D eigenvalue weighted by Gasteiger charge is 2.28. The van der Waals surface area contributed by atoms with Crippen LogP contribution in [0.3, 0.4) is 0 Å². The minimum Gasteiger partial charge on any atom is -0.465 e. The zero-order chi connectivity index (χ0) is 17.7. The van der Waals surface area contributed by atoms with Crippen molar-refractivity contribution in [3.8, 4) is 0 Å². The molecule has 0 aromatic heterocycles. The number of methoxy groups -OCH3 is 2. The van der Waals surface area contributed by atoms with E-state index in [0.717, 1.165) is 18.4 Å². The summed E-state index contributed by atoms with van der Waals surface area (Å²) in [7, 11) is 3.22. The van der Waals surface area contributed by atoms with Crippen molar-refractivity contribution in [2.75, 3.05) is 27.4 Å². The molecule has 0 spiro atoms. The molecule has 0 unspecified atom stereocenters. The Morgan fingerprint density at radius 2 is 1.48 bits per heavy atom. The van der Waals surface area contributed by atoms with E-state index >= 15 is 0 Å². The van der Waals surface area contributed by atoms with Gasteiger partial charge in [0.2, 0.25) is 0 Å². The number of esters is 2. The van der Waals surface area contributed by atoms with Gasteiger partial charge in [0.1, 0.15) is 0 Å². The van der Waals surface area contributed by atoms with Gasteiger partial charge in [-0.3, -0.25) is 9.59 Å². The molecule has 0 aromatic rings. The van der Waals surface area contributed by atoms with Gasteiger partial charge in [-0.2, -0.15) is 0 Å². The largest absolute Gasteiger partial charge is 0.465 e. The fourth-order valence-electron chi connectivity index (χ4n) is 2.09. The Kier molecular flexibility index (Phi) is 12.3. The molecule has 0 fully saturated rings. The van der Waals surface area contributed by atoms with E-state index in [1.54, 1.807) is 28.1 Å². The summed E-state index contributed by atoms with van der Waals surface area (Å²) in [5.74, 6) is -1.89. The van der Waals surface area contributed by atoms with Crippen LogP contribution >= 0.6 is 0 Å². The summed E-state index contributed by atoms with van der Waals surface area (Å²) < 4.78 is 20.2. The lowest BCUT2D eigenvalue weighted by molar-refractivity contribution is -0.161. The summed E-state index contributed by atoms with van der Waals surface area (Å²) in [6, 6.07) is 0. The minimum absolute atomic E-state index is 0.217. The lowest BCUT2D eigenvalue weighted by Gasteiger charge is -2.14. The van der Waals surface area contributed by atoms with Gasteiger partial charge in [0.15, 0.2) is 12.2 Å². The molecule has 0 radical (unpaired) electrons. The molecule has 23 heavy (non-hydrogen) atoms. The lowest BCUT2D eigenvalue weighted by atomic mass is 10.0. The SMILES string of the molecule is CCOC(=O)C(CC/C=C(/C)CCC(OC)OC)C(=O)OCC. The molecule has 0 saturated carbocycles. The predicted octanol–water partition coefficient (Wildman–Crippen LogP) is 2.85. The molecular weight excluding hydrogens is 300 g/mol. The minimum atomic E-state index is -0.857. The highest BCUT2D eigenvalue weighted by molar-refractivity contribution is 5.94. The van der Waals surface area contributed by atoms with E-state index in [-0.39, 0.29) is 19.5 Å². The molecule has 0 amide bonds. The van der Waals surface area contributed by atoms with Gasteiger partial charge in [-0.25, -0.2) is 0 Å². The van der Waals surface area contributed by atoms with Gasteiger partial charge in [0.05, 0.1) is 13.2 Å². The highest BCUT2D eigenvalue weighted by Crippen LogP contribution is 2.15. The van der Waals surface area contributed by atoms with E-state index < -0.39 is 17.9 Å². The third-order valence-corrected chi connectivity index (χ3v) is 3.39. The topological polar surface area (TPSA) is 71.1 Å². The third kappa shape index (κ3) is 9.36. The Morgan fingerprint density at radius 3 is 1.91 bits per heavy atom. The van der Waals surface area contributed by atoms with Crippen molar-refractivity contribution in [1.29, 1.82) is 0 Å². The summed E-state index contributed by atoms with van der Waals surface area (Å²) in [6.07, 6.45) is 4.38. The summed E-state index contributed by atoms with van der Waals surface area (Å²) in [4.78, 5) is 23.7. The second kappa shape index (κ2) is 13.1. The Labute approximate surface area is 139 Å². The van der Waals surface area contributed by atoms with Crippen LogP contribution in [-0.4, -0.2) is 45.7 Å². The first kappa shape index (κ1) is 21.6. The molecule has 0 heterocycles. The molecule has 0 aliphatic rings. The molecule has 6 nitrogen and oxygen atoms in total. The molecule has 134 valence electrons. The molecular formula is C17H30O6. The summed E-state index contributed by atoms with van der Waals surface area (Å²) in [6.45, 7) is 5.93. The average Bonchev–Trinajstić information content (AvgIpc) is 2.52. The number of carbonyl (C=O) groups is 2. The number of ether oxygens (including phenoxy) is 4. The maximum atomic E-state index is 11.9. The number of hydrogen-bond acceptors (Lipinski definition) is 6. The lowest BCUT2D eigenvalue weighted by Crippen LogP contribution is -2.28. The van der Waals surface area contributed by atoms with Gasteiger partial charge in [-0.15, -0.1) is 0 Å². The molecule has 0 saturated heterocycles. The number of rotatable bonds is 12. The molecule has 0 aliphatic heterocycles. The molecule has 0 aromatic carbocycles. The summed E-state index contributed by atoms with van der Waals surface area (Å²) in [5, 5.41) is 0. The molecule has 0 N–H and O–H groups in total. The smallest absolute Gasteiger partial charge is 0.320 e. The van der Waals surface area contributed by atoms with Crippen LogP contribution in [-0.2, 0) is 28.5 Å². The van der Waals surface area contributed by atoms with Crippen molar-refractivity contribution in [1.82, 2.24) is 0 Å².